The monoisotopic (exact) mass is 150 g/mol. The highest BCUT2D eigenvalue weighted by atomic mass is 14.5. The van der Waals surface area contributed by atoms with E-state index in [0.29, 0.717) is 0 Å². The Balaban J connectivity index is 2.15. The largest absolute Gasteiger partial charge is 0.0848 e. The molecule has 1 fully saturated rings. The summed E-state index contributed by atoms with van der Waals surface area (Å²) in [6.45, 7) is 4.70. The van der Waals surface area contributed by atoms with E-state index in [-0.39, 0.29) is 0 Å². The summed E-state index contributed by atoms with van der Waals surface area (Å²) in [5, 5.41) is 0. The molecule has 0 spiro atoms. The maximum atomic E-state index is 2.46. The Morgan fingerprint density at radius 1 is 1.00 bits per heavy atom. The lowest BCUT2D eigenvalue weighted by Gasteiger charge is -2.25. The molecule has 0 aromatic carbocycles. The van der Waals surface area contributed by atoms with Crippen LogP contribution in [0.5, 0.6) is 0 Å². The lowest BCUT2D eigenvalue weighted by atomic mass is 9.80. The highest BCUT2D eigenvalue weighted by Gasteiger charge is 2.41. The quantitative estimate of drug-likeness (QED) is 0.530. The van der Waals surface area contributed by atoms with E-state index in [1.54, 1.807) is 0 Å². The maximum absolute atomic E-state index is 2.46. The van der Waals surface area contributed by atoms with Crippen LogP contribution in [0.15, 0.2) is 12.2 Å². The summed E-state index contributed by atoms with van der Waals surface area (Å²) in [5.74, 6) is 3.95. The van der Waals surface area contributed by atoms with Crippen LogP contribution in [0.3, 0.4) is 0 Å². The second-order valence-electron chi connectivity index (χ2n) is 4.09. The first-order valence-corrected chi connectivity index (χ1v) is 5.05. The molecule has 0 amide bonds. The minimum absolute atomic E-state index is 0.954. The molecule has 0 aromatic rings. The average molecular weight is 150 g/mol. The van der Waals surface area contributed by atoms with Crippen molar-refractivity contribution >= 4 is 0 Å². The Kier molecular flexibility index (Phi) is 1.78. The number of hydrogen-bond acceptors (Lipinski definition) is 0. The molecule has 2 bridgehead atoms. The first-order chi connectivity index (χ1) is 5.36. The van der Waals surface area contributed by atoms with E-state index in [9.17, 15) is 0 Å². The lowest BCUT2D eigenvalue weighted by Crippen LogP contribution is -2.17. The van der Waals surface area contributed by atoms with Gasteiger partial charge >= 0.3 is 0 Å². The smallest absolute Gasteiger partial charge is 0.0197 e. The van der Waals surface area contributed by atoms with Gasteiger partial charge in [-0.3, -0.25) is 0 Å². The van der Waals surface area contributed by atoms with Crippen LogP contribution in [0.1, 0.15) is 33.1 Å². The van der Waals surface area contributed by atoms with Gasteiger partial charge < -0.3 is 0 Å². The summed E-state index contributed by atoms with van der Waals surface area (Å²) >= 11 is 0. The fraction of sp³-hybridized carbons (Fsp3) is 0.818. The van der Waals surface area contributed by atoms with E-state index in [1.165, 1.54) is 19.3 Å². The Morgan fingerprint density at radius 3 is 1.82 bits per heavy atom. The van der Waals surface area contributed by atoms with Crippen molar-refractivity contribution in [1.29, 1.82) is 0 Å². The summed E-state index contributed by atoms with van der Waals surface area (Å²) in [4.78, 5) is 0. The third kappa shape index (κ3) is 0.953. The van der Waals surface area contributed by atoms with Gasteiger partial charge in [0.2, 0.25) is 0 Å². The summed E-state index contributed by atoms with van der Waals surface area (Å²) in [6.07, 6.45) is 9.18. The molecule has 0 aromatic heterocycles. The van der Waals surface area contributed by atoms with Crippen molar-refractivity contribution in [3.8, 4) is 0 Å². The van der Waals surface area contributed by atoms with E-state index in [1.807, 2.05) is 0 Å². The third-order valence-electron chi connectivity index (χ3n) is 3.74. The van der Waals surface area contributed by atoms with E-state index >= 15 is 0 Å². The maximum Gasteiger partial charge on any atom is -0.0197 e. The first kappa shape index (κ1) is 7.39. The summed E-state index contributed by atoms with van der Waals surface area (Å²) in [6, 6.07) is 0. The fourth-order valence-corrected chi connectivity index (χ4v) is 3.24. The predicted octanol–water partition coefficient (Wildman–Crippen LogP) is 3.24. The van der Waals surface area contributed by atoms with E-state index in [0.717, 1.165) is 23.7 Å². The van der Waals surface area contributed by atoms with E-state index in [2.05, 4.69) is 26.0 Å². The Labute approximate surface area is 69.7 Å². The van der Waals surface area contributed by atoms with Crippen molar-refractivity contribution < 1.29 is 0 Å². The second kappa shape index (κ2) is 2.66. The summed E-state index contributed by atoms with van der Waals surface area (Å²) in [5.41, 5.74) is 0. The van der Waals surface area contributed by atoms with Crippen molar-refractivity contribution in [2.75, 3.05) is 0 Å². The van der Waals surface area contributed by atoms with Crippen molar-refractivity contribution in [3.05, 3.63) is 12.2 Å². The Bertz CT molecular complexity index is 151. The van der Waals surface area contributed by atoms with Crippen molar-refractivity contribution in [1.82, 2.24) is 0 Å². The molecular formula is C11H18. The average Bonchev–Trinajstić information content (AvgIpc) is 2.60. The van der Waals surface area contributed by atoms with Crippen LogP contribution in [0.25, 0.3) is 0 Å². The molecule has 0 aliphatic heterocycles. The molecule has 0 heterocycles. The normalized spacial score (nSPS) is 47.1. The first-order valence-electron chi connectivity index (χ1n) is 5.05. The highest BCUT2D eigenvalue weighted by Crippen LogP contribution is 2.50. The van der Waals surface area contributed by atoms with Crippen LogP contribution < -0.4 is 0 Å². The predicted molar refractivity (Wildman–Crippen MR) is 48.3 cm³/mol. The molecule has 2 rings (SSSR count). The Morgan fingerprint density at radius 2 is 1.45 bits per heavy atom. The fourth-order valence-electron chi connectivity index (χ4n) is 3.24. The molecule has 2 aliphatic rings. The van der Waals surface area contributed by atoms with Crippen molar-refractivity contribution in [2.45, 2.75) is 33.1 Å². The van der Waals surface area contributed by atoms with Crippen LogP contribution in [-0.2, 0) is 0 Å². The molecule has 2 aliphatic carbocycles. The SMILES string of the molecule is CCC1C2C=CC(C2)[C@@H]1CC. The van der Waals surface area contributed by atoms with Gasteiger partial charge in [-0.15, -0.1) is 0 Å². The van der Waals surface area contributed by atoms with Gasteiger partial charge in [-0.1, -0.05) is 38.8 Å². The number of hydrogen-bond donors (Lipinski definition) is 0. The molecule has 0 heteroatoms. The van der Waals surface area contributed by atoms with E-state index < -0.39 is 0 Å². The molecule has 0 saturated heterocycles. The Hall–Kier alpha value is -0.260. The van der Waals surface area contributed by atoms with Gasteiger partial charge in [-0.25, -0.2) is 0 Å². The third-order valence-corrected chi connectivity index (χ3v) is 3.74. The zero-order valence-corrected chi connectivity index (χ0v) is 7.59. The van der Waals surface area contributed by atoms with Gasteiger partial charge in [-0.05, 0) is 30.1 Å². The molecule has 1 saturated carbocycles. The molecule has 0 N–H and O–H groups in total. The van der Waals surface area contributed by atoms with Gasteiger partial charge in [-0.2, -0.15) is 0 Å². The minimum atomic E-state index is 0.954. The molecule has 62 valence electrons. The van der Waals surface area contributed by atoms with Crippen LogP contribution in [0.4, 0.5) is 0 Å². The van der Waals surface area contributed by atoms with Crippen LogP contribution in [0.2, 0.25) is 0 Å². The van der Waals surface area contributed by atoms with Crippen LogP contribution >= 0.6 is 0 Å². The van der Waals surface area contributed by atoms with Gasteiger partial charge in [0.05, 0.1) is 0 Å². The van der Waals surface area contributed by atoms with Crippen molar-refractivity contribution in [2.24, 2.45) is 23.7 Å². The van der Waals surface area contributed by atoms with Crippen LogP contribution in [0, 0.1) is 23.7 Å². The van der Waals surface area contributed by atoms with Gasteiger partial charge in [0.1, 0.15) is 0 Å². The van der Waals surface area contributed by atoms with Gasteiger partial charge in [0.25, 0.3) is 0 Å². The van der Waals surface area contributed by atoms with Gasteiger partial charge in [0.15, 0.2) is 0 Å². The standard InChI is InChI=1S/C11H18/c1-3-10-8-5-6-9(7-8)11(10)4-2/h5-6,8-11H,3-4,7H2,1-2H3/t8?,9?,10-,11?/m0/s1. The van der Waals surface area contributed by atoms with Crippen molar-refractivity contribution in [3.63, 3.8) is 0 Å². The molecule has 3 unspecified atom stereocenters. The number of rotatable bonds is 2. The number of allylic oxidation sites excluding steroid dienone is 2. The lowest BCUT2D eigenvalue weighted by molar-refractivity contribution is 0.292. The summed E-state index contributed by atoms with van der Waals surface area (Å²) in [7, 11) is 0. The zero-order chi connectivity index (χ0) is 7.84. The minimum Gasteiger partial charge on any atom is -0.0848 e. The topological polar surface area (TPSA) is 0 Å². The van der Waals surface area contributed by atoms with E-state index in [4.69, 9.17) is 0 Å². The molecular weight excluding hydrogens is 132 g/mol. The molecule has 0 nitrogen and oxygen atoms in total. The molecule has 4 atom stereocenters. The van der Waals surface area contributed by atoms with Gasteiger partial charge in [0, 0.05) is 0 Å². The second-order valence-corrected chi connectivity index (χ2v) is 4.09. The zero-order valence-electron chi connectivity index (χ0n) is 7.59. The molecule has 11 heavy (non-hydrogen) atoms. The highest BCUT2D eigenvalue weighted by molar-refractivity contribution is 5.12. The van der Waals surface area contributed by atoms with Crippen LogP contribution in [-0.4, -0.2) is 0 Å². The number of fused-ring (bicyclic) bond motifs is 2. The summed E-state index contributed by atoms with van der Waals surface area (Å²) < 4.78 is 0. The molecule has 0 radical (unpaired) electrons.